The number of anilines is 1. The van der Waals surface area contributed by atoms with Crippen LogP contribution in [0.4, 0.5) is 10.5 Å². The molecule has 3 amide bonds. The summed E-state index contributed by atoms with van der Waals surface area (Å²) in [6, 6.07) is 21.4. The monoisotopic (exact) mass is 500 g/mol. The van der Waals surface area contributed by atoms with E-state index in [9.17, 15) is 14.4 Å². The maximum atomic E-state index is 13.4. The third kappa shape index (κ3) is 6.94. The first-order valence-corrected chi connectivity index (χ1v) is 12.5. The number of hydrogen-bond acceptors (Lipinski definition) is 5. The van der Waals surface area contributed by atoms with Gasteiger partial charge in [0.15, 0.2) is 12.1 Å². The smallest absolute Gasteiger partial charge is 0.411 e. The molecule has 1 aromatic heterocycles. The number of nitrogens with one attached hydrogen (secondary N) is 2. The van der Waals surface area contributed by atoms with Crippen molar-refractivity contribution < 1.29 is 19.1 Å². The van der Waals surface area contributed by atoms with E-state index in [-0.39, 0.29) is 24.3 Å². The molecule has 8 heteroatoms. The van der Waals surface area contributed by atoms with Gasteiger partial charge in [0.1, 0.15) is 0 Å². The summed E-state index contributed by atoms with van der Waals surface area (Å²) in [5.74, 6) is -0.101. The molecule has 37 heavy (non-hydrogen) atoms. The van der Waals surface area contributed by atoms with Gasteiger partial charge >= 0.3 is 6.09 Å². The number of benzene rings is 2. The summed E-state index contributed by atoms with van der Waals surface area (Å²) in [6.45, 7) is 4.60. The Morgan fingerprint density at radius 1 is 1.00 bits per heavy atom. The number of cyclic esters (lactones) is 1. The lowest BCUT2D eigenvalue weighted by Crippen LogP contribution is -2.46. The molecule has 0 spiro atoms. The summed E-state index contributed by atoms with van der Waals surface area (Å²) >= 11 is 0. The Kier molecular flexibility index (Phi) is 8.51. The SMILES string of the molecule is CC(C)CC(=O)Nc1ccc(C2OC(=O)N(Cc3ccccc3)C2C(=O)NCCc2ccccn2)cc1. The minimum absolute atomic E-state index is 0.0609. The molecule has 0 radical (unpaired) electrons. The van der Waals surface area contributed by atoms with E-state index in [1.165, 1.54) is 4.90 Å². The maximum absolute atomic E-state index is 13.4. The highest BCUT2D eigenvalue weighted by atomic mass is 16.6. The number of aromatic nitrogens is 1. The summed E-state index contributed by atoms with van der Waals surface area (Å²) in [5.41, 5.74) is 3.09. The van der Waals surface area contributed by atoms with Crippen molar-refractivity contribution in [3.8, 4) is 0 Å². The standard InChI is InChI=1S/C29H32N4O4/c1-20(2)18-25(34)32-24-13-11-22(12-14-24)27-26(28(35)31-17-15-23-10-6-7-16-30-23)33(29(36)37-27)19-21-8-4-3-5-9-21/h3-14,16,20,26-27H,15,17-19H2,1-2H3,(H,31,35)(H,32,34). The number of hydrogen-bond donors (Lipinski definition) is 2. The molecule has 2 heterocycles. The predicted octanol–water partition coefficient (Wildman–Crippen LogP) is 4.49. The Bertz CT molecular complexity index is 1200. The zero-order valence-corrected chi connectivity index (χ0v) is 21.1. The van der Waals surface area contributed by atoms with E-state index in [4.69, 9.17) is 4.74 Å². The van der Waals surface area contributed by atoms with Gasteiger partial charge in [-0.25, -0.2) is 4.79 Å². The second-order valence-electron chi connectivity index (χ2n) is 9.49. The Hall–Kier alpha value is -4.20. The van der Waals surface area contributed by atoms with Crippen molar-refractivity contribution in [2.45, 2.75) is 45.4 Å². The van der Waals surface area contributed by atoms with Crippen LogP contribution in [0.5, 0.6) is 0 Å². The van der Waals surface area contributed by atoms with Crippen LogP contribution in [0.25, 0.3) is 0 Å². The molecule has 2 aromatic carbocycles. The number of carbonyl (C=O) groups excluding carboxylic acids is 3. The molecule has 0 bridgehead atoms. The number of rotatable bonds is 10. The first kappa shape index (κ1) is 25.9. The highest BCUT2D eigenvalue weighted by Crippen LogP contribution is 2.34. The van der Waals surface area contributed by atoms with Gasteiger partial charge in [0.25, 0.3) is 0 Å². The molecule has 0 saturated carbocycles. The molecule has 2 atom stereocenters. The van der Waals surface area contributed by atoms with E-state index < -0.39 is 18.2 Å². The number of pyridine rings is 1. The molecule has 1 aliphatic rings. The largest absolute Gasteiger partial charge is 0.438 e. The summed E-state index contributed by atoms with van der Waals surface area (Å²) < 4.78 is 5.73. The van der Waals surface area contributed by atoms with Crippen molar-refractivity contribution >= 4 is 23.6 Å². The highest BCUT2D eigenvalue weighted by molar-refractivity contribution is 5.91. The third-order valence-electron chi connectivity index (χ3n) is 6.07. The Labute approximate surface area is 217 Å². The number of ether oxygens (including phenoxy) is 1. The van der Waals surface area contributed by atoms with Crippen LogP contribution in [0.3, 0.4) is 0 Å². The fourth-order valence-corrected chi connectivity index (χ4v) is 4.29. The zero-order valence-electron chi connectivity index (χ0n) is 21.1. The van der Waals surface area contributed by atoms with Gasteiger partial charge in [-0.15, -0.1) is 0 Å². The van der Waals surface area contributed by atoms with E-state index in [0.29, 0.717) is 30.6 Å². The maximum Gasteiger partial charge on any atom is 0.411 e. The molecule has 0 aliphatic carbocycles. The molecule has 8 nitrogen and oxygen atoms in total. The minimum atomic E-state index is -0.849. The van der Waals surface area contributed by atoms with Crippen molar-refractivity contribution in [1.82, 2.24) is 15.2 Å². The quantitative estimate of drug-likeness (QED) is 0.427. The summed E-state index contributed by atoms with van der Waals surface area (Å²) in [4.78, 5) is 44.2. The molecular formula is C29H32N4O4. The van der Waals surface area contributed by atoms with Gasteiger partial charge < -0.3 is 15.4 Å². The normalized spacial score (nSPS) is 16.9. The Morgan fingerprint density at radius 2 is 1.73 bits per heavy atom. The average Bonchev–Trinajstić information content (AvgIpc) is 3.21. The predicted molar refractivity (Wildman–Crippen MR) is 140 cm³/mol. The van der Waals surface area contributed by atoms with Crippen molar-refractivity contribution in [3.63, 3.8) is 0 Å². The summed E-state index contributed by atoms with van der Waals surface area (Å²) in [5, 5.41) is 5.83. The van der Waals surface area contributed by atoms with Gasteiger partial charge in [-0.1, -0.05) is 62.4 Å². The molecule has 1 fully saturated rings. The molecule has 192 valence electrons. The molecular weight excluding hydrogens is 468 g/mol. The van der Waals surface area contributed by atoms with Crippen LogP contribution < -0.4 is 10.6 Å². The highest BCUT2D eigenvalue weighted by Gasteiger charge is 2.46. The van der Waals surface area contributed by atoms with Crippen LogP contribution in [-0.2, 0) is 27.3 Å². The summed E-state index contributed by atoms with van der Waals surface area (Å²) in [7, 11) is 0. The molecule has 1 aliphatic heterocycles. The third-order valence-corrected chi connectivity index (χ3v) is 6.07. The van der Waals surface area contributed by atoms with Crippen molar-refractivity contribution in [2.75, 3.05) is 11.9 Å². The molecule has 1 saturated heterocycles. The fourth-order valence-electron chi connectivity index (χ4n) is 4.29. The van der Waals surface area contributed by atoms with Crippen LogP contribution in [-0.4, -0.2) is 40.4 Å². The van der Waals surface area contributed by atoms with Crippen molar-refractivity contribution in [2.24, 2.45) is 5.92 Å². The topological polar surface area (TPSA) is 101 Å². The minimum Gasteiger partial charge on any atom is -0.438 e. The van der Waals surface area contributed by atoms with Gasteiger partial charge in [0.05, 0.1) is 6.54 Å². The summed E-state index contributed by atoms with van der Waals surface area (Å²) in [6.07, 6.45) is 1.38. The Balaban J connectivity index is 1.51. The van der Waals surface area contributed by atoms with Gasteiger partial charge in [0, 0.05) is 37.0 Å². The molecule has 4 rings (SSSR count). The molecule has 2 unspecified atom stereocenters. The van der Waals surface area contributed by atoms with Gasteiger partial charge in [0.2, 0.25) is 11.8 Å². The first-order valence-electron chi connectivity index (χ1n) is 12.5. The number of carbonyl (C=O) groups is 3. The lowest BCUT2D eigenvalue weighted by atomic mass is 10.00. The second-order valence-corrected chi connectivity index (χ2v) is 9.49. The molecule has 2 N–H and O–H groups in total. The van der Waals surface area contributed by atoms with Crippen LogP contribution in [0, 0.1) is 5.92 Å². The van der Waals surface area contributed by atoms with Crippen molar-refractivity contribution in [1.29, 1.82) is 0 Å². The number of nitrogens with zero attached hydrogens (tertiary/aromatic N) is 2. The van der Waals surface area contributed by atoms with E-state index >= 15 is 0 Å². The van der Waals surface area contributed by atoms with Crippen molar-refractivity contribution in [3.05, 3.63) is 95.8 Å². The second kappa shape index (κ2) is 12.2. The lowest BCUT2D eigenvalue weighted by molar-refractivity contribution is -0.126. The van der Waals surface area contributed by atoms with Crippen LogP contribution in [0.1, 0.15) is 43.2 Å². The van der Waals surface area contributed by atoms with Gasteiger partial charge in [-0.3, -0.25) is 19.5 Å². The van der Waals surface area contributed by atoms with Crippen LogP contribution >= 0.6 is 0 Å². The van der Waals surface area contributed by atoms with E-state index in [0.717, 1.165) is 11.3 Å². The van der Waals surface area contributed by atoms with Gasteiger partial charge in [-0.2, -0.15) is 0 Å². The van der Waals surface area contributed by atoms with E-state index in [2.05, 4.69) is 15.6 Å². The lowest BCUT2D eigenvalue weighted by Gasteiger charge is -2.24. The zero-order chi connectivity index (χ0) is 26.2. The Morgan fingerprint density at radius 3 is 2.41 bits per heavy atom. The molecule has 3 aromatic rings. The van der Waals surface area contributed by atoms with Crippen LogP contribution in [0.2, 0.25) is 0 Å². The number of amides is 3. The van der Waals surface area contributed by atoms with E-state index in [1.54, 1.807) is 30.5 Å². The first-order chi connectivity index (χ1) is 17.9. The fraction of sp³-hybridized carbons (Fsp3) is 0.310. The van der Waals surface area contributed by atoms with Crippen LogP contribution in [0.15, 0.2) is 79.0 Å². The van der Waals surface area contributed by atoms with Gasteiger partial charge in [-0.05, 0) is 41.3 Å². The van der Waals surface area contributed by atoms with E-state index in [1.807, 2.05) is 62.4 Å². The average molecular weight is 501 g/mol.